The SMILES string of the molecule is C#Cc1cnc2c(Cl)cc(N[C@H](C3=CN(C45CC(C4)C5)NN3)c3cccc4c(=O)n(C)ccc34)cc2c1NCC(C)(C)C. The fourth-order valence-corrected chi connectivity index (χ4v) is 6.86. The van der Waals surface area contributed by atoms with Gasteiger partial charge in [-0.2, -0.15) is 0 Å². The van der Waals surface area contributed by atoms with E-state index < -0.39 is 0 Å². The summed E-state index contributed by atoms with van der Waals surface area (Å²) in [6.07, 6.45) is 15.2. The van der Waals surface area contributed by atoms with Crippen molar-refractivity contribution in [2.75, 3.05) is 17.2 Å². The lowest BCUT2D eigenvalue weighted by Gasteiger charge is -2.64. The summed E-state index contributed by atoms with van der Waals surface area (Å²) in [5.74, 6) is 3.64. The number of hydrogen-bond acceptors (Lipinski definition) is 7. The standard InChI is InChI=1S/C34H36ClN7O/c1-6-21-17-36-30-26(29(21)37-19-33(2,3)4)12-22(13-27(30)35)38-31(28-18-42(40-39-28)34-14-20(15-34)16-34)24-8-7-9-25-23(24)10-11-41(5)32(25)43/h1,7-13,17-18,20,31,38-40H,14-16,19H2,2-5H3,(H,36,37)/t20?,31-,34?/m0/s1. The van der Waals surface area contributed by atoms with Gasteiger partial charge in [-0.25, -0.2) is 0 Å². The number of anilines is 2. The molecule has 0 amide bonds. The van der Waals surface area contributed by atoms with Crippen LogP contribution in [0.25, 0.3) is 21.7 Å². The van der Waals surface area contributed by atoms with Gasteiger partial charge in [-0.1, -0.05) is 50.4 Å². The van der Waals surface area contributed by atoms with E-state index in [9.17, 15) is 4.79 Å². The molecule has 9 heteroatoms. The Morgan fingerprint density at radius 2 is 1.98 bits per heavy atom. The van der Waals surface area contributed by atoms with Gasteiger partial charge in [-0.05, 0) is 65.8 Å². The molecule has 2 aromatic carbocycles. The molecule has 1 atom stereocenters. The molecule has 3 saturated carbocycles. The first-order valence-electron chi connectivity index (χ1n) is 14.8. The Morgan fingerprint density at radius 1 is 1.19 bits per heavy atom. The van der Waals surface area contributed by atoms with E-state index in [-0.39, 0.29) is 22.6 Å². The molecule has 220 valence electrons. The Kier molecular flexibility index (Phi) is 6.38. The lowest BCUT2D eigenvalue weighted by Crippen LogP contribution is -2.69. The van der Waals surface area contributed by atoms with E-state index in [1.54, 1.807) is 17.8 Å². The fourth-order valence-electron chi connectivity index (χ4n) is 6.60. The summed E-state index contributed by atoms with van der Waals surface area (Å²) in [6, 6.07) is 11.5. The molecule has 0 unspecified atom stereocenters. The van der Waals surface area contributed by atoms with Crippen LogP contribution in [-0.4, -0.2) is 26.6 Å². The molecular formula is C34H36ClN7O. The molecular weight excluding hydrogens is 558 g/mol. The summed E-state index contributed by atoms with van der Waals surface area (Å²) in [7, 11) is 1.78. The maximum Gasteiger partial charge on any atom is 0.258 e. The van der Waals surface area contributed by atoms with Crippen molar-refractivity contribution in [3.05, 3.63) is 87.2 Å². The number of halogens is 1. The van der Waals surface area contributed by atoms with E-state index in [1.807, 2.05) is 30.5 Å². The minimum atomic E-state index is -0.316. The average Bonchev–Trinajstić information content (AvgIpc) is 3.39. The third-order valence-corrected chi connectivity index (χ3v) is 9.36. The third kappa shape index (κ3) is 4.68. The normalized spacial score (nSPS) is 21.4. The van der Waals surface area contributed by atoms with Crippen molar-refractivity contribution in [1.29, 1.82) is 0 Å². The number of nitrogens with zero attached hydrogens (tertiary/aromatic N) is 3. The smallest absolute Gasteiger partial charge is 0.258 e. The summed E-state index contributed by atoms with van der Waals surface area (Å²) in [6.45, 7) is 7.25. The summed E-state index contributed by atoms with van der Waals surface area (Å²) in [5, 5.41) is 12.5. The number of terminal acetylenes is 1. The Labute approximate surface area is 256 Å². The van der Waals surface area contributed by atoms with Crippen LogP contribution in [0.2, 0.25) is 5.02 Å². The van der Waals surface area contributed by atoms with Gasteiger partial charge in [-0.15, -0.1) is 12.0 Å². The zero-order valence-corrected chi connectivity index (χ0v) is 25.6. The minimum Gasteiger partial charge on any atom is -0.383 e. The van der Waals surface area contributed by atoms with Crippen LogP contribution in [0.1, 0.15) is 57.2 Å². The second-order valence-corrected chi connectivity index (χ2v) is 13.9. The second-order valence-electron chi connectivity index (χ2n) is 13.5. The molecule has 3 heterocycles. The molecule has 0 saturated heterocycles. The Hall–Kier alpha value is -4.19. The van der Waals surface area contributed by atoms with Crippen LogP contribution in [-0.2, 0) is 7.05 Å². The van der Waals surface area contributed by atoms with Gasteiger partial charge in [0, 0.05) is 48.6 Å². The molecule has 2 bridgehead atoms. The first-order chi connectivity index (χ1) is 20.5. The number of fused-ring (bicyclic) bond motifs is 2. The van der Waals surface area contributed by atoms with Crippen LogP contribution in [0.15, 0.2) is 65.5 Å². The topological polar surface area (TPSA) is 86.2 Å². The van der Waals surface area contributed by atoms with Gasteiger partial charge in [0.05, 0.1) is 39.1 Å². The maximum absolute atomic E-state index is 13.1. The van der Waals surface area contributed by atoms with Crippen molar-refractivity contribution in [1.82, 2.24) is 25.5 Å². The van der Waals surface area contributed by atoms with Crippen molar-refractivity contribution in [3.63, 3.8) is 0 Å². The first-order valence-corrected chi connectivity index (χ1v) is 15.1. The van der Waals surface area contributed by atoms with Crippen LogP contribution in [0.4, 0.5) is 11.4 Å². The molecule has 3 fully saturated rings. The number of pyridine rings is 2. The Balaban J connectivity index is 1.35. The molecule has 43 heavy (non-hydrogen) atoms. The van der Waals surface area contributed by atoms with Gasteiger partial charge in [0.25, 0.3) is 5.56 Å². The molecule has 8 nitrogen and oxygen atoms in total. The second kappa shape index (κ2) is 9.94. The zero-order valence-electron chi connectivity index (χ0n) is 24.9. The molecule has 8 rings (SSSR count). The molecule has 4 aromatic rings. The molecule has 1 aliphatic heterocycles. The molecule has 0 radical (unpaired) electrons. The molecule has 3 aliphatic carbocycles. The van der Waals surface area contributed by atoms with Gasteiger partial charge >= 0.3 is 0 Å². The van der Waals surface area contributed by atoms with Crippen molar-refractivity contribution in [2.45, 2.75) is 51.6 Å². The Morgan fingerprint density at radius 3 is 2.67 bits per heavy atom. The molecule has 4 aliphatic rings. The van der Waals surface area contributed by atoms with Crippen molar-refractivity contribution in [3.8, 4) is 12.3 Å². The number of benzene rings is 2. The average molecular weight is 594 g/mol. The van der Waals surface area contributed by atoms with E-state index >= 15 is 0 Å². The first kappa shape index (κ1) is 27.6. The van der Waals surface area contributed by atoms with Crippen molar-refractivity contribution < 1.29 is 0 Å². The van der Waals surface area contributed by atoms with Crippen molar-refractivity contribution in [2.24, 2.45) is 18.4 Å². The van der Waals surface area contributed by atoms with Crippen molar-refractivity contribution >= 4 is 44.7 Å². The minimum absolute atomic E-state index is 0.0312. The van der Waals surface area contributed by atoms with E-state index in [1.165, 1.54) is 19.3 Å². The van der Waals surface area contributed by atoms with Gasteiger partial charge in [0.1, 0.15) is 0 Å². The quantitative estimate of drug-likeness (QED) is 0.194. The van der Waals surface area contributed by atoms with Gasteiger partial charge in [0.15, 0.2) is 0 Å². The summed E-state index contributed by atoms with van der Waals surface area (Å²) >= 11 is 6.88. The number of nitrogens with one attached hydrogen (secondary N) is 4. The largest absolute Gasteiger partial charge is 0.383 e. The van der Waals surface area contributed by atoms with Crippen LogP contribution in [0.3, 0.4) is 0 Å². The number of rotatable bonds is 7. The maximum atomic E-state index is 13.1. The Bertz CT molecular complexity index is 1900. The van der Waals surface area contributed by atoms with Gasteiger partial charge < -0.3 is 20.6 Å². The van der Waals surface area contributed by atoms with E-state index in [4.69, 9.17) is 18.0 Å². The molecule has 4 N–H and O–H groups in total. The number of hydrogen-bond donors (Lipinski definition) is 4. The van der Waals surface area contributed by atoms with Gasteiger partial charge in [0.2, 0.25) is 0 Å². The summed E-state index contributed by atoms with van der Waals surface area (Å²) < 4.78 is 1.61. The zero-order chi connectivity index (χ0) is 30.1. The van der Waals surface area contributed by atoms with Gasteiger partial charge in [-0.3, -0.25) is 14.8 Å². The number of aromatic nitrogens is 2. The van der Waals surface area contributed by atoms with E-state index in [0.29, 0.717) is 21.5 Å². The van der Waals surface area contributed by atoms with E-state index in [2.05, 4.69) is 76.6 Å². The summed E-state index contributed by atoms with van der Waals surface area (Å²) in [5.41, 5.74) is 12.0. The third-order valence-electron chi connectivity index (χ3n) is 9.07. The highest BCUT2D eigenvalue weighted by atomic mass is 35.5. The van der Waals surface area contributed by atoms with Crippen LogP contribution >= 0.6 is 11.6 Å². The predicted octanol–water partition coefficient (Wildman–Crippen LogP) is 6.05. The lowest BCUT2D eigenvalue weighted by atomic mass is 9.49. The number of hydrazine groups is 2. The highest BCUT2D eigenvalue weighted by molar-refractivity contribution is 6.35. The van der Waals surface area contributed by atoms with E-state index in [0.717, 1.165) is 45.9 Å². The monoisotopic (exact) mass is 593 g/mol. The molecule has 0 spiro atoms. The summed E-state index contributed by atoms with van der Waals surface area (Å²) in [4.78, 5) is 17.7. The highest BCUT2D eigenvalue weighted by Crippen LogP contribution is 2.60. The van der Waals surface area contributed by atoms with Crippen LogP contribution in [0, 0.1) is 23.7 Å². The van der Waals surface area contributed by atoms with Crippen LogP contribution in [0.5, 0.6) is 0 Å². The molecule has 2 aromatic heterocycles. The fraction of sp³-hybridized carbons (Fsp3) is 0.353. The highest BCUT2D eigenvalue weighted by Gasteiger charge is 2.60. The number of aryl methyl sites for hydroxylation is 1. The lowest BCUT2D eigenvalue weighted by molar-refractivity contribution is -0.141. The predicted molar refractivity (Wildman–Crippen MR) is 174 cm³/mol. The van der Waals surface area contributed by atoms with Crippen LogP contribution < -0.4 is 27.2 Å².